The van der Waals surface area contributed by atoms with E-state index in [0.29, 0.717) is 24.2 Å². The molecule has 180 valence electrons. The van der Waals surface area contributed by atoms with Gasteiger partial charge < -0.3 is 20.2 Å². The number of hydrogen-bond acceptors (Lipinski definition) is 6. The summed E-state index contributed by atoms with van der Waals surface area (Å²) in [5, 5.41) is 17.1. The van der Waals surface area contributed by atoms with Crippen LogP contribution in [0.25, 0.3) is 11.1 Å². The summed E-state index contributed by atoms with van der Waals surface area (Å²) in [5.74, 6) is -0.417. The van der Waals surface area contributed by atoms with Gasteiger partial charge in [0, 0.05) is 43.4 Å². The molecule has 2 amide bonds. The highest BCUT2D eigenvalue weighted by atomic mass is 16.6. The van der Waals surface area contributed by atoms with E-state index < -0.39 is 6.10 Å². The quantitative estimate of drug-likeness (QED) is 0.490. The van der Waals surface area contributed by atoms with Crippen molar-refractivity contribution in [2.75, 3.05) is 20.2 Å². The van der Waals surface area contributed by atoms with Crippen molar-refractivity contribution in [2.45, 2.75) is 25.0 Å². The maximum atomic E-state index is 13.3. The summed E-state index contributed by atoms with van der Waals surface area (Å²) in [4.78, 5) is 36.7. The molecule has 3 aromatic rings. The van der Waals surface area contributed by atoms with Crippen LogP contribution in [0.5, 0.6) is 0 Å². The van der Waals surface area contributed by atoms with Gasteiger partial charge in [0.1, 0.15) is 7.11 Å². The lowest BCUT2D eigenvalue weighted by Gasteiger charge is -2.24. The molecule has 0 aliphatic carbocycles. The average Bonchev–Trinajstić information content (AvgIpc) is 3.30. The summed E-state index contributed by atoms with van der Waals surface area (Å²) < 4.78 is 0. The number of pyridine rings is 1. The first-order chi connectivity index (χ1) is 17.0. The summed E-state index contributed by atoms with van der Waals surface area (Å²) in [6.45, 7) is 0.389. The molecule has 0 bridgehead atoms. The van der Waals surface area contributed by atoms with Gasteiger partial charge in [-0.2, -0.15) is 0 Å². The van der Waals surface area contributed by atoms with E-state index in [2.05, 4.69) is 15.5 Å². The molecule has 2 aromatic carbocycles. The number of aliphatic hydroxyl groups excluding tert-OH is 1. The van der Waals surface area contributed by atoms with Gasteiger partial charge in [-0.05, 0) is 34.9 Å². The topological polar surface area (TPSA) is 104 Å². The molecule has 0 unspecified atom stereocenters. The second-order valence-electron chi connectivity index (χ2n) is 8.38. The number of amides is 2. The molecule has 1 aliphatic heterocycles. The molecule has 8 nitrogen and oxygen atoms in total. The van der Waals surface area contributed by atoms with Gasteiger partial charge in [0.2, 0.25) is 5.91 Å². The lowest BCUT2D eigenvalue weighted by atomic mass is 10.0. The third-order valence-electron chi connectivity index (χ3n) is 5.97. The van der Waals surface area contributed by atoms with Crippen molar-refractivity contribution < 1.29 is 19.5 Å². The Kier molecular flexibility index (Phi) is 7.84. The van der Waals surface area contributed by atoms with Crippen LogP contribution >= 0.6 is 0 Å². The number of carbonyl (C=O) groups is 2. The second kappa shape index (κ2) is 11.4. The summed E-state index contributed by atoms with van der Waals surface area (Å²) in [7, 11) is 1.46. The number of nitrogens with zero attached hydrogens (tertiary/aromatic N) is 3. The smallest absolute Gasteiger partial charge is 0.254 e. The number of nitrogens with one attached hydrogen (secondary N) is 1. The first kappa shape index (κ1) is 24.1. The van der Waals surface area contributed by atoms with Gasteiger partial charge in [-0.25, -0.2) is 0 Å². The Balaban J connectivity index is 1.42. The zero-order valence-electron chi connectivity index (χ0n) is 19.5. The summed E-state index contributed by atoms with van der Waals surface area (Å²) in [6, 6.07) is 20.0. The third kappa shape index (κ3) is 6.10. The Labute approximate surface area is 204 Å². The average molecular weight is 473 g/mol. The van der Waals surface area contributed by atoms with Crippen molar-refractivity contribution in [3.8, 4) is 11.1 Å². The molecule has 8 heteroatoms. The maximum Gasteiger partial charge on any atom is 0.254 e. The summed E-state index contributed by atoms with van der Waals surface area (Å²) >= 11 is 0. The third-order valence-corrected chi connectivity index (χ3v) is 5.97. The Hall–Kier alpha value is -4.04. The van der Waals surface area contributed by atoms with Crippen LogP contribution < -0.4 is 5.32 Å². The molecule has 35 heavy (non-hydrogen) atoms. The molecule has 4 rings (SSSR count). The minimum atomic E-state index is -0.801. The van der Waals surface area contributed by atoms with Crippen LogP contribution in [0.1, 0.15) is 34.9 Å². The van der Waals surface area contributed by atoms with Gasteiger partial charge in [0.15, 0.2) is 0 Å². The fraction of sp³-hybridized carbons (Fsp3) is 0.259. The Morgan fingerprint density at radius 1 is 1.11 bits per heavy atom. The van der Waals surface area contributed by atoms with E-state index in [-0.39, 0.29) is 30.8 Å². The largest absolute Gasteiger partial charge is 0.399 e. The van der Waals surface area contributed by atoms with E-state index >= 15 is 0 Å². The molecule has 0 radical (unpaired) electrons. The molecule has 1 aromatic heterocycles. The molecular formula is C27H28N4O4. The zero-order chi connectivity index (χ0) is 24.6. The van der Waals surface area contributed by atoms with Crippen LogP contribution in [-0.4, -0.2) is 58.8 Å². The van der Waals surface area contributed by atoms with Crippen molar-refractivity contribution in [1.29, 1.82) is 0 Å². The predicted octanol–water partition coefficient (Wildman–Crippen LogP) is 3.21. The van der Waals surface area contributed by atoms with Gasteiger partial charge in [-0.3, -0.25) is 14.6 Å². The first-order valence-corrected chi connectivity index (χ1v) is 11.4. The minimum absolute atomic E-state index is 0.0956. The summed E-state index contributed by atoms with van der Waals surface area (Å²) in [5.41, 5.74) is 3.89. The fourth-order valence-corrected chi connectivity index (χ4v) is 4.18. The van der Waals surface area contributed by atoms with Gasteiger partial charge in [0.25, 0.3) is 5.91 Å². The monoisotopic (exact) mass is 472 g/mol. The molecule has 1 saturated heterocycles. The highest BCUT2D eigenvalue weighted by Crippen LogP contribution is 2.24. The van der Waals surface area contributed by atoms with Crippen LogP contribution in [0.15, 0.2) is 84.3 Å². The van der Waals surface area contributed by atoms with Crippen molar-refractivity contribution in [2.24, 2.45) is 5.16 Å². The molecular weight excluding hydrogens is 444 g/mol. The van der Waals surface area contributed by atoms with Gasteiger partial charge in [-0.1, -0.05) is 53.7 Å². The molecule has 2 N–H and O–H groups in total. The van der Waals surface area contributed by atoms with E-state index in [1.54, 1.807) is 41.6 Å². The maximum absolute atomic E-state index is 13.3. The lowest BCUT2D eigenvalue weighted by Crippen LogP contribution is -2.40. The van der Waals surface area contributed by atoms with Crippen molar-refractivity contribution >= 4 is 17.5 Å². The van der Waals surface area contributed by atoms with Crippen molar-refractivity contribution in [3.05, 3.63) is 90.3 Å². The highest BCUT2D eigenvalue weighted by molar-refractivity contribution is 6.01. The number of hydrogen-bond donors (Lipinski definition) is 2. The normalized spacial score (nSPS) is 17.3. The number of likely N-dealkylation sites (tertiary alicyclic amines) is 1. The fourth-order valence-electron chi connectivity index (χ4n) is 4.18. The number of oxime groups is 1. The Morgan fingerprint density at radius 2 is 1.89 bits per heavy atom. The molecule has 0 spiro atoms. The van der Waals surface area contributed by atoms with Crippen molar-refractivity contribution in [1.82, 2.24) is 15.2 Å². The lowest BCUT2D eigenvalue weighted by molar-refractivity contribution is -0.122. The highest BCUT2D eigenvalue weighted by Gasteiger charge is 2.35. The van der Waals surface area contributed by atoms with E-state index in [1.165, 1.54) is 7.11 Å². The van der Waals surface area contributed by atoms with Crippen LogP contribution in [0.4, 0.5) is 0 Å². The number of aromatic nitrogens is 1. The molecule has 1 fully saturated rings. The summed E-state index contributed by atoms with van der Waals surface area (Å²) in [6.07, 6.45) is 3.23. The zero-order valence-corrected chi connectivity index (χ0v) is 19.5. The van der Waals surface area contributed by atoms with Gasteiger partial charge in [0.05, 0.1) is 18.4 Å². The van der Waals surface area contributed by atoms with Crippen LogP contribution in [0, 0.1) is 0 Å². The molecule has 1 aliphatic rings. The van der Waals surface area contributed by atoms with Crippen LogP contribution in [0.2, 0.25) is 0 Å². The number of carbonyl (C=O) groups excluding carboxylic acids is 2. The first-order valence-electron chi connectivity index (χ1n) is 11.4. The van der Waals surface area contributed by atoms with E-state index in [0.717, 1.165) is 16.7 Å². The standard InChI is InChI=1S/C27H28N4O4/c1-35-30-23-14-24(15-26(33)29-17-25(32)20-6-3-2-4-7-20)31(18-23)27(34)21-11-9-19(10-12-21)22-8-5-13-28-16-22/h2-13,16,24-25,32H,14-15,17-18H2,1H3,(H,29,33)/t24-,25-/m0/s1. The van der Waals surface area contributed by atoms with Crippen LogP contribution in [0.3, 0.4) is 0 Å². The van der Waals surface area contributed by atoms with Crippen molar-refractivity contribution in [3.63, 3.8) is 0 Å². The van der Waals surface area contributed by atoms with Crippen LogP contribution in [-0.2, 0) is 9.63 Å². The molecule has 2 heterocycles. The second-order valence-corrected chi connectivity index (χ2v) is 8.38. The number of benzene rings is 2. The minimum Gasteiger partial charge on any atom is -0.399 e. The number of aliphatic hydroxyl groups is 1. The van der Waals surface area contributed by atoms with E-state index in [1.807, 2.05) is 42.5 Å². The van der Waals surface area contributed by atoms with E-state index in [9.17, 15) is 14.7 Å². The molecule has 0 saturated carbocycles. The Bertz CT molecular complexity index is 1170. The number of rotatable bonds is 8. The van der Waals surface area contributed by atoms with Gasteiger partial charge >= 0.3 is 0 Å². The molecule has 2 atom stereocenters. The van der Waals surface area contributed by atoms with Gasteiger partial charge in [-0.15, -0.1) is 0 Å². The SMILES string of the molecule is CON=C1C[C@@H](CC(=O)NC[C@H](O)c2ccccc2)N(C(=O)c2ccc(-c3cccnc3)cc2)C1. The predicted molar refractivity (Wildman–Crippen MR) is 133 cm³/mol. The van der Waals surface area contributed by atoms with E-state index in [4.69, 9.17) is 4.84 Å². The Morgan fingerprint density at radius 3 is 2.57 bits per heavy atom.